The first kappa shape index (κ1) is 13.5. The molecule has 1 aromatic rings. The van der Waals surface area contributed by atoms with Crippen molar-refractivity contribution in [2.75, 3.05) is 5.32 Å². The fourth-order valence-electron chi connectivity index (χ4n) is 4.55. The van der Waals surface area contributed by atoms with Crippen LogP contribution < -0.4 is 5.32 Å². The lowest BCUT2D eigenvalue weighted by molar-refractivity contribution is 0.234. The molecule has 1 aromatic carbocycles. The second-order valence-electron chi connectivity index (χ2n) is 6.49. The molecule has 1 N–H and O–H groups in total. The van der Waals surface area contributed by atoms with Gasteiger partial charge in [-0.3, -0.25) is 0 Å². The Bertz CT molecular complexity index is 643. The van der Waals surface area contributed by atoms with Crippen molar-refractivity contribution in [3.63, 3.8) is 0 Å². The van der Waals surface area contributed by atoms with Crippen LogP contribution in [0.3, 0.4) is 0 Å². The first-order chi connectivity index (χ1) is 9.98. The monoisotopic (exact) mass is 313 g/mol. The average molecular weight is 313 g/mol. The van der Waals surface area contributed by atoms with E-state index in [0.29, 0.717) is 6.04 Å². The van der Waals surface area contributed by atoms with E-state index in [0.717, 1.165) is 29.4 Å². The van der Waals surface area contributed by atoms with Gasteiger partial charge in [0, 0.05) is 11.7 Å². The molecule has 6 heteroatoms. The number of alkyl halides is 2. The van der Waals surface area contributed by atoms with Crippen LogP contribution >= 0.6 is 0 Å². The second kappa shape index (κ2) is 4.41. The molecule has 0 aliphatic heterocycles. The number of hydrogen-bond acceptors (Lipinski definition) is 3. The van der Waals surface area contributed by atoms with Gasteiger partial charge in [0.05, 0.1) is 4.90 Å². The molecular weight excluding hydrogens is 296 g/mol. The zero-order valence-electron chi connectivity index (χ0n) is 11.4. The Hall–Kier alpha value is -1.17. The summed E-state index contributed by atoms with van der Waals surface area (Å²) in [6, 6.07) is 6.19. The molecule has 0 heterocycles. The fourth-order valence-corrected chi connectivity index (χ4v) is 5.28. The molecule has 3 nitrogen and oxygen atoms in total. The van der Waals surface area contributed by atoms with Crippen LogP contribution in [0.5, 0.6) is 0 Å². The van der Waals surface area contributed by atoms with Crippen LogP contribution in [0.15, 0.2) is 29.2 Å². The molecule has 0 radical (unpaired) electrons. The van der Waals surface area contributed by atoms with Gasteiger partial charge in [-0.2, -0.15) is 8.78 Å². The van der Waals surface area contributed by atoms with Crippen molar-refractivity contribution in [2.45, 2.75) is 36.0 Å². The summed E-state index contributed by atoms with van der Waals surface area (Å²) in [6.07, 6.45) is 4.06. The van der Waals surface area contributed by atoms with Crippen LogP contribution in [0.2, 0.25) is 0 Å². The van der Waals surface area contributed by atoms with Crippen molar-refractivity contribution in [3.8, 4) is 0 Å². The quantitative estimate of drug-likeness (QED) is 0.929. The third kappa shape index (κ3) is 1.99. The summed E-state index contributed by atoms with van der Waals surface area (Å²) < 4.78 is 47.7. The van der Waals surface area contributed by atoms with Gasteiger partial charge >= 0.3 is 5.76 Å². The molecule has 3 saturated carbocycles. The van der Waals surface area contributed by atoms with E-state index in [9.17, 15) is 17.2 Å². The van der Waals surface area contributed by atoms with E-state index in [1.807, 2.05) is 0 Å². The highest BCUT2D eigenvalue weighted by atomic mass is 32.2. The van der Waals surface area contributed by atoms with Crippen LogP contribution in [0.4, 0.5) is 14.5 Å². The fraction of sp³-hybridized carbons (Fsp3) is 0.600. The third-order valence-corrected chi connectivity index (χ3v) is 6.88. The maximum absolute atomic E-state index is 12.5. The molecule has 0 spiro atoms. The predicted octanol–water partition coefficient (Wildman–Crippen LogP) is 3.14. The molecule has 3 fully saturated rings. The second-order valence-corrected chi connectivity index (χ2v) is 8.41. The van der Waals surface area contributed by atoms with Crippen LogP contribution in [0, 0.1) is 23.7 Å². The van der Waals surface area contributed by atoms with E-state index >= 15 is 0 Å². The number of sulfone groups is 1. The van der Waals surface area contributed by atoms with Gasteiger partial charge in [-0.1, -0.05) is 0 Å². The van der Waals surface area contributed by atoms with Crippen molar-refractivity contribution in [2.24, 2.45) is 23.7 Å². The largest absolute Gasteiger partial charge is 0.382 e. The van der Waals surface area contributed by atoms with Crippen molar-refractivity contribution in [1.82, 2.24) is 0 Å². The van der Waals surface area contributed by atoms with E-state index in [-0.39, 0.29) is 4.90 Å². The first-order valence-corrected chi connectivity index (χ1v) is 8.92. The standard InChI is InChI=1S/C15H17F2NO2S/c16-15(17)21(19,20)11-5-3-10(4-6-11)18-14-12-8-1-2-9(7-8)13(12)14/h3-6,8-9,12-15,18H,1-2,7H2. The topological polar surface area (TPSA) is 46.2 Å². The SMILES string of the molecule is O=S(=O)(c1ccc(NC2C3C4CCC(C4)C23)cc1)C(F)F. The lowest BCUT2D eigenvalue weighted by Gasteiger charge is -2.12. The lowest BCUT2D eigenvalue weighted by Crippen LogP contribution is -2.13. The Labute approximate surface area is 122 Å². The molecule has 21 heavy (non-hydrogen) atoms. The van der Waals surface area contributed by atoms with Gasteiger partial charge < -0.3 is 5.32 Å². The number of rotatable bonds is 4. The zero-order valence-corrected chi connectivity index (χ0v) is 12.2. The maximum Gasteiger partial charge on any atom is 0.341 e. The average Bonchev–Trinajstić information content (AvgIpc) is 2.84. The molecule has 3 aliphatic carbocycles. The van der Waals surface area contributed by atoms with Crippen molar-refractivity contribution in [3.05, 3.63) is 24.3 Å². The van der Waals surface area contributed by atoms with E-state index in [1.54, 1.807) is 12.1 Å². The smallest absolute Gasteiger partial charge is 0.341 e. The van der Waals surface area contributed by atoms with Crippen molar-refractivity contribution in [1.29, 1.82) is 0 Å². The van der Waals surface area contributed by atoms with E-state index in [2.05, 4.69) is 5.32 Å². The summed E-state index contributed by atoms with van der Waals surface area (Å²) in [5.41, 5.74) is 0.821. The number of halogens is 2. The molecule has 4 unspecified atom stereocenters. The summed E-state index contributed by atoms with van der Waals surface area (Å²) in [5, 5.41) is 3.44. The van der Waals surface area contributed by atoms with Gasteiger partial charge in [-0.05, 0) is 67.2 Å². The summed E-state index contributed by atoms with van der Waals surface area (Å²) in [4.78, 5) is -0.320. The summed E-state index contributed by atoms with van der Waals surface area (Å²) >= 11 is 0. The van der Waals surface area contributed by atoms with Crippen LogP contribution in [0.1, 0.15) is 19.3 Å². The predicted molar refractivity (Wildman–Crippen MR) is 74.9 cm³/mol. The van der Waals surface area contributed by atoms with Crippen molar-refractivity contribution >= 4 is 15.5 Å². The van der Waals surface area contributed by atoms with E-state index in [4.69, 9.17) is 0 Å². The van der Waals surface area contributed by atoms with Crippen LogP contribution in [-0.4, -0.2) is 20.2 Å². The van der Waals surface area contributed by atoms with Gasteiger partial charge in [0.25, 0.3) is 0 Å². The highest BCUT2D eigenvalue weighted by molar-refractivity contribution is 7.91. The molecule has 4 rings (SSSR count). The molecule has 4 atom stereocenters. The van der Waals surface area contributed by atoms with Crippen LogP contribution in [0.25, 0.3) is 0 Å². The Morgan fingerprint density at radius 2 is 1.62 bits per heavy atom. The van der Waals surface area contributed by atoms with Gasteiger partial charge in [0.15, 0.2) is 0 Å². The van der Waals surface area contributed by atoms with Crippen LogP contribution in [-0.2, 0) is 9.84 Å². The first-order valence-electron chi connectivity index (χ1n) is 7.37. The lowest BCUT2D eigenvalue weighted by atomic mass is 10.0. The molecule has 0 saturated heterocycles. The Balaban J connectivity index is 1.46. The number of fused-ring (bicyclic) bond motifs is 5. The maximum atomic E-state index is 12.5. The minimum Gasteiger partial charge on any atom is -0.382 e. The van der Waals surface area contributed by atoms with E-state index in [1.165, 1.54) is 31.4 Å². The molecule has 114 valence electrons. The highest BCUT2D eigenvalue weighted by Gasteiger charge is 2.64. The van der Waals surface area contributed by atoms with E-state index < -0.39 is 15.6 Å². The Kier molecular flexibility index (Phi) is 2.83. The Morgan fingerprint density at radius 3 is 2.14 bits per heavy atom. The minimum absolute atomic E-state index is 0.320. The summed E-state index contributed by atoms with van der Waals surface area (Å²) in [7, 11) is -4.49. The highest BCUT2D eigenvalue weighted by Crippen LogP contribution is 2.66. The van der Waals surface area contributed by atoms with Gasteiger partial charge in [-0.15, -0.1) is 0 Å². The normalized spacial score (nSPS) is 36.8. The molecule has 0 amide bonds. The molecule has 2 bridgehead atoms. The summed E-state index contributed by atoms with van der Waals surface area (Å²) in [5.74, 6) is -0.108. The number of anilines is 1. The van der Waals surface area contributed by atoms with Crippen molar-refractivity contribution < 1.29 is 17.2 Å². The van der Waals surface area contributed by atoms with Gasteiger partial charge in [0.1, 0.15) is 0 Å². The Morgan fingerprint density at radius 1 is 1.05 bits per heavy atom. The van der Waals surface area contributed by atoms with Gasteiger partial charge in [0.2, 0.25) is 9.84 Å². The van der Waals surface area contributed by atoms with Gasteiger partial charge in [-0.25, -0.2) is 8.42 Å². The minimum atomic E-state index is -4.49. The molecule has 3 aliphatic rings. The number of nitrogens with one attached hydrogen (secondary N) is 1. The molecule has 0 aromatic heterocycles. The molecular formula is C15H17F2NO2S. The number of benzene rings is 1. The number of hydrogen-bond donors (Lipinski definition) is 1. The summed E-state index contributed by atoms with van der Waals surface area (Å²) in [6.45, 7) is 0. The zero-order chi connectivity index (χ0) is 14.8. The third-order valence-electron chi connectivity index (χ3n) is 5.49.